The summed E-state index contributed by atoms with van der Waals surface area (Å²) in [7, 11) is -4.28. The molecule has 0 aromatic heterocycles. The van der Waals surface area contributed by atoms with Crippen LogP contribution in [0, 0.1) is 5.92 Å². The van der Waals surface area contributed by atoms with E-state index >= 15 is 0 Å². The molecule has 0 bridgehead atoms. The first-order chi connectivity index (χ1) is 10.5. The minimum absolute atomic E-state index is 0.156. The van der Waals surface area contributed by atoms with Crippen LogP contribution in [0.5, 0.6) is 0 Å². The second-order valence-corrected chi connectivity index (χ2v) is 7.78. The summed E-state index contributed by atoms with van der Waals surface area (Å²) in [5.74, 6) is 0.477. The first-order valence-corrected chi connectivity index (χ1v) is 10.7. The third-order valence-electron chi connectivity index (χ3n) is 4.17. The van der Waals surface area contributed by atoms with E-state index in [-0.39, 0.29) is 6.61 Å². The van der Waals surface area contributed by atoms with Gasteiger partial charge in [-0.05, 0) is 12.3 Å². The van der Waals surface area contributed by atoms with Gasteiger partial charge in [-0.25, -0.2) is 4.57 Å². The number of unbranched alkanes of at least 4 members (excludes halogenated alkanes) is 10. The average molecular weight is 336 g/mol. The largest absolute Gasteiger partial charge is 0.469 e. The Hall–Kier alpha value is 0.110. The van der Waals surface area contributed by atoms with Crippen molar-refractivity contribution in [2.45, 2.75) is 97.3 Å². The zero-order valence-corrected chi connectivity index (χ0v) is 15.5. The lowest BCUT2D eigenvalue weighted by molar-refractivity contribution is 0.184. The van der Waals surface area contributed by atoms with Crippen LogP contribution in [-0.2, 0) is 9.09 Å². The van der Waals surface area contributed by atoms with E-state index in [1.165, 1.54) is 70.6 Å². The second kappa shape index (κ2) is 14.7. The molecule has 0 saturated heterocycles. The molecular formula is C17H37O4P. The van der Waals surface area contributed by atoms with Gasteiger partial charge < -0.3 is 9.79 Å². The quantitative estimate of drug-likeness (QED) is 0.275. The molecule has 0 aliphatic heterocycles. The Morgan fingerprint density at radius 3 is 1.73 bits per heavy atom. The van der Waals surface area contributed by atoms with Crippen LogP contribution in [0.15, 0.2) is 0 Å². The van der Waals surface area contributed by atoms with Gasteiger partial charge >= 0.3 is 7.82 Å². The Kier molecular flexibility index (Phi) is 14.8. The fourth-order valence-corrected chi connectivity index (χ4v) is 3.02. The molecule has 5 heteroatoms. The number of rotatable bonds is 16. The molecule has 1 atom stereocenters. The lowest BCUT2D eigenvalue weighted by atomic mass is 9.99. The molecule has 134 valence electrons. The van der Waals surface area contributed by atoms with Crippen LogP contribution >= 0.6 is 7.82 Å². The molecule has 4 nitrogen and oxygen atoms in total. The highest BCUT2D eigenvalue weighted by atomic mass is 31.2. The molecule has 0 fully saturated rings. The smallest absolute Gasteiger partial charge is 0.303 e. The second-order valence-electron chi connectivity index (χ2n) is 6.54. The molecule has 0 spiro atoms. The molecule has 0 aromatic carbocycles. The predicted molar refractivity (Wildman–Crippen MR) is 92.9 cm³/mol. The van der Waals surface area contributed by atoms with Crippen molar-refractivity contribution in [3.05, 3.63) is 0 Å². The molecule has 0 aliphatic carbocycles. The van der Waals surface area contributed by atoms with Gasteiger partial charge in [-0.3, -0.25) is 4.52 Å². The van der Waals surface area contributed by atoms with Gasteiger partial charge in [-0.1, -0.05) is 90.9 Å². The summed E-state index contributed by atoms with van der Waals surface area (Å²) in [6.45, 7) is 4.54. The summed E-state index contributed by atoms with van der Waals surface area (Å²) in [6, 6.07) is 0. The molecule has 2 N–H and O–H groups in total. The molecule has 0 aromatic rings. The van der Waals surface area contributed by atoms with Gasteiger partial charge in [0.25, 0.3) is 0 Å². The Morgan fingerprint density at radius 2 is 1.27 bits per heavy atom. The number of hydrogen-bond acceptors (Lipinski definition) is 2. The van der Waals surface area contributed by atoms with Crippen molar-refractivity contribution >= 4 is 7.82 Å². The maximum Gasteiger partial charge on any atom is 0.469 e. The highest BCUT2D eigenvalue weighted by molar-refractivity contribution is 7.46. The van der Waals surface area contributed by atoms with Crippen molar-refractivity contribution in [3.63, 3.8) is 0 Å². The standard InChI is InChI=1S/C17H37O4P/c1-3-4-5-6-7-8-9-10-11-12-13-14-17(2)15-16-21-22(18,19)20/h17H,3-16H2,1-2H3,(H2,18,19,20). The SMILES string of the molecule is CCCCCCCCCCCCCC(C)CCOP(=O)(O)O. The summed E-state index contributed by atoms with van der Waals surface area (Å²) in [5, 5.41) is 0. The van der Waals surface area contributed by atoms with E-state index in [9.17, 15) is 4.57 Å². The monoisotopic (exact) mass is 336 g/mol. The average Bonchev–Trinajstić information content (AvgIpc) is 2.43. The number of phosphoric ester groups is 1. The summed E-state index contributed by atoms with van der Waals surface area (Å²) in [6.07, 6.45) is 16.7. The highest BCUT2D eigenvalue weighted by Gasteiger charge is 2.13. The summed E-state index contributed by atoms with van der Waals surface area (Å²) >= 11 is 0. The molecule has 0 rings (SSSR count). The molecular weight excluding hydrogens is 299 g/mol. The minimum atomic E-state index is -4.28. The molecule has 0 amide bonds. The molecule has 0 aliphatic rings. The van der Waals surface area contributed by atoms with E-state index in [1.807, 2.05) is 0 Å². The van der Waals surface area contributed by atoms with Gasteiger partial charge in [0.15, 0.2) is 0 Å². The maximum absolute atomic E-state index is 10.5. The maximum atomic E-state index is 10.5. The fraction of sp³-hybridized carbons (Fsp3) is 1.00. The van der Waals surface area contributed by atoms with Gasteiger partial charge in [0.1, 0.15) is 0 Å². The third-order valence-corrected chi connectivity index (χ3v) is 4.69. The van der Waals surface area contributed by atoms with Crippen LogP contribution < -0.4 is 0 Å². The molecule has 1 unspecified atom stereocenters. The topological polar surface area (TPSA) is 66.8 Å². The van der Waals surface area contributed by atoms with Gasteiger partial charge in [0.2, 0.25) is 0 Å². The van der Waals surface area contributed by atoms with Crippen LogP contribution in [0.1, 0.15) is 97.3 Å². The highest BCUT2D eigenvalue weighted by Crippen LogP contribution is 2.36. The summed E-state index contributed by atoms with van der Waals surface area (Å²) in [5.41, 5.74) is 0. The Bertz CT molecular complexity index is 278. The van der Waals surface area contributed by atoms with Crippen molar-refractivity contribution in [1.82, 2.24) is 0 Å². The van der Waals surface area contributed by atoms with Crippen LogP contribution in [0.4, 0.5) is 0 Å². The molecule has 0 radical (unpaired) electrons. The predicted octanol–water partition coefficient (Wildman–Crippen LogP) is 5.82. The van der Waals surface area contributed by atoms with Crippen LogP contribution in [0.3, 0.4) is 0 Å². The van der Waals surface area contributed by atoms with Crippen molar-refractivity contribution in [1.29, 1.82) is 0 Å². The zero-order valence-electron chi connectivity index (χ0n) is 14.6. The van der Waals surface area contributed by atoms with Crippen molar-refractivity contribution in [3.8, 4) is 0 Å². The Labute approximate surface area is 137 Å². The van der Waals surface area contributed by atoms with E-state index in [4.69, 9.17) is 9.79 Å². The van der Waals surface area contributed by atoms with E-state index in [1.54, 1.807) is 0 Å². The zero-order chi connectivity index (χ0) is 16.7. The number of phosphoric acid groups is 1. The van der Waals surface area contributed by atoms with Gasteiger partial charge in [-0.15, -0.1) is 0 Å². The Balaban J connectivity index is 3.20. The van der Waals surface area contributed by atoms with Crippen molar-refractivity contribution in [2.24, 2.45) is 5.92 Å². The van der Waals surface area contributed by atoms with Crippen LogP contribution in [0.25, 0.3) is 0 Å². The van der Waals surface area contributed by atoms with Crippen LogP contribution in [-0.4, -0.2) is 16.4 Å². The van der Waals surface area contributed by atoms with E-state index < -0.39 is 7.82 Å². The molecule has 0 heterocycles. The van der Waals surface area contributed by atoms with E-state index in [2.05, 4.69) is 18.4 Å². The summed E-state index contributed by atoms with van der Waals surface area (Å²) in [4.78, 5) is 17.2. The number of hydrogen-bond donors (Lipinski definition) is 2. The lowest BCUT2D eigenvalue weighted by Gasteiger charge is -2.11. The first-order valence-electron chi connectivity index (χ1n) is 9.15. The van der Waals surface area contributed by atoms with Crippen LogP contribution in [0.2, 0.25) is 0 Å². The van der Waals surface area contributed by atoms with Gasteiger partial charge in [0, 0.05) is 0 Å². The Morgan fingerprint density at radius 1 is 0.818 bits per heavy atom. The van der Waals surface area contributed by atoms with E-state index in [0.29, 0.717) is 5.92 Å². The fourth-order valence-electron chi connectivity index (χ4n) is 2.67. The molecule has 22 heavy (non-hydrogen) atoms. The lowest BCUT2D eigenvalue weighted by Crippen LogP contribution is -2.01. The summed E-state index contributed by atoms with van der Waals surface area (Å²) < 4.78 is 15.0. The minimum Gasteiger partial charge on any atom is -0.303 e. The van der Waals surface area contributed by atoms with Crippen molar-refractivity contribution in [2.75, 3.05) is 6.61 Å². The van der Waals surface area contributed by atoms with Gasteiger partial charge in [0.05, 0.1) is 6.61 Å². The third kappa shape index (κ3) is 18.2. The molecule has 0 saturated carbocycles. The van der Waals surface area contributed by atoms with Crippen molar-refractivity contribution < 1.29 is 18.9 Å². The first kappa shape index (κ1) is 22.1. The van der Waals surface area contributed by atoms with Gasteiger partial charge in [-0.2, -0.15) is 0 Å². The normalized spacial score (nSPS) is 13.5. The van der Waals surface area contributed by atoms with E-state index in [0.717, 1.165) is 12.8 Å².